The third kappa shape index (κ3) is 5.04. The molecule has 1 aromatic heterocycles. The Balaban J connectivity index is 2.26. The smallest absolute Gasteiger partial charge is 0.293 e. The third-order valence-corrected chi connectivity index (χ3v) is 5.15. The molecule has 1 N–H and O–H groups in total. The highest BCUT2D eigenvalue weighted by molar-refractivity contribution is 7.89. The zero-order valence-electron chi connectivity index (χ0n) is 14.9. The number of sulfonamides is 1. The van der Waals surface area contributed by atoms with E-state index in [-0.39, 0.29) is 17.1 Å². The largest absolute Gasteiger partial charge is 0.467 e. The van der Waals surface area contributed by atoms with Gasteiger partial charge < -0.3 is 14.2 Å². The van der Waals surface area contributed by atoms with Crippen molar-refractivity contribution in [3.05, 3.63) is 52.5 Å². The lowest BCUT2D eigenvalue weighted by Gasteiger charge is -2.18. The first kappa shape index (κ1) is 19.9. The van der Waals surface area contributed by atoms with Crippen molar-refractivity contribution in [1.82, 2.24) is 9.62 Å². The molecule has 0 aliphatic rings. The van der Waals surface area contributed by atoms with E-state index in [4.69, 9.17) is 4.42 Å². The van der Waals surface area contributed by atoms with Crippen LogP contribution in [0.2, 0.25) is 0 Å². The fourth-order valence-electron chi connectivity index (χ4n) is 2.35. The van der Waals surface area contributed by atoms with Gasteiger partial charge in [-0.3, -0.25) is 10.1 Å². The van der Waals surface area contributed by atoms with E-state index < -0.39 is 14.9 Å². The number of furan rings is 1. The Hall–Kier alpha value is -2.43. The van der Waals surface area contributed by atoms with E-state index >= 15 is 0 Å². The maximum atomic E-state index is 12.3. The van der Waals surface area contributed by atoms with Gasteiger partial charge in [-0.15, -0.1) is 0 Å². The topological polar surface area (TPSA) is 109 Å². The summed E-state index contributed by atoms with van der Waals surface area (Å²) in [5.74, 6) is 0.642. The van der Waals surface area contributed by atoms with Crippen molar-refractivity contribution in [3.8, 4) is 0 Å². The molecular weight excluding hydrogens is 360 g/mol. The average molecular weight is 382 g/mol. The number of rotatable bonds is 9. The van der Waals surface area contributed by atoms with Crippen LogP contribution in [0.15, 0.2) is 45.9 Å². The molecule has 2 aromatic rings. The van der Waals surface area contributed by atoms with Crippen LogP contribution in [-0.4, -0.2) is 52.5 Å². The van der Waals surface area contributed by atoms with Crippen molar-refractivity contribution in [1.29, 1.82) is 0 Å². The number of nitro benzene ring substituents is 1. The fourth-order valence-corrected chi connectivity index (χ4v) is 3.39. The summed E-state index contributed by atoms with van der Waals surface area (Å²) >= 11 is 0. The predicted octanol–water partition coefficient (Wildman–Crippen LogP) is 1.66. The summed E-state index contributed by atoms with van der Waals surface area (Å²) in [4.78, 5) is 14.2. The first-order chi connectivity index (χ1) is 12.2. The van der Waals surface area contributed by atoms with Gasteiger partial charge in [0.2, 0.25) is 10.0 Å². The molecule has 9 nitrogen and oxygen atoms in total. The summed E-state index contributed by atoms with van der Waals surface area (Å²) in [6.45, 7) is 1.05. The molecule has 0 aliphatic heterocycles. The molecule has 142 valence electrons. The van der Waals surface area contributed by atoms with Crippen molar-refractivity contribution in [2.45, 2.75) is 11.4 Å². The third-order valence-electron chi connectivity index (χ3n) is 3.69. The molecule has 10 heteroatoms. The van der Waals surface area contributed by atoms with Crippen molar-refractivity contribution in [2.75, 3.05) is 39.1 Å². The normalized spacial score (nSPS) is 11.7. The number of hydrogen-bond donors (Lipinski definition) is 1. The average Bonchev–Trinajstić information content (AvgIpc) is 3.06. The summed E-state index contributed by atoms with van der Waals surface area (Å²) in [5, 5.41) is 11.4. The van der Waals surface area contributed by atoms with Gasteiger partial charge in [-0.2, -0.15) is 0 Å². The predicted molar refractivity (Wildman–Crippen MR) is 97.7 cm³/mol. The summed E-state index contributed by atoms with van der Waals surface area (Å²) in [6.07, 6.45) is 1.52. The van der Waals surface area contributed by atoms with Crippen LogP contribution in [0.5, 0.6) is 0 Å². The number of nitrogens with one attached hydrogen (secondary N) is 1. The minimum absolute atomic E-state index is 0.141. The summed E-state index contributed by atoms with van der Waals surface area (Å²) in [7, 11) is 1.50. The maximum absolute atomic E-state index is 12.3. The zero-order chi connectivity index (χ0) is 19.3. The molecule has 1 heterocycles. The van der Waals surface area contributed by atoms with Crippen molar-refractivity contribution < 1.29 is 17.8 Å². The van der Waals surface area contributed by atoms with Gasteiger partial charge in [0, 0.05) is 26.2 Å². The summed E-state index contributed by atoms with van der Waals surface area (Å²) in [5.41, 5.74) is 0.0215. The molecule has 26 heavy (non-hydrogen) atoms. The molecule has 2 rings (SSSR count). The molecule has 0 saturated heterocycles. The van der Waals surface area contributed by atoms with Crippen LogP contribution in [0.3, 0.4) is 0 Å². The Morgan fingerprint density at radius 1 is 1.23 bits per heavy atom. The highest BCUT2D eigenvalue weighted by atomic mass is 32.2. The molecule has 0 radical (unpaired) electrons. The quantitative estimate of drug-likeness (QED) is 0.519. The molecule has 0 bridgehead atoms. The molecule has 0 aliphatic carbocycles. The second-order valence-electron chi connectivity index (χ2n) is 6.04. The van der Waals surface area contributed by atoms with Crippen LogP contribution in [0.25, 0.3) is 0 Å². The Kier molecular flexibility index (Phi) is 6.35. The first-order valence-electron chi connectivity index (χ1n) is 7.87. The second kappa shape index (κ2) is 8.30. The van der Waals surface area contributed by atoms with Crippen LogP contribution >= 0.6 is 0 Å². The number of nitro groups is 1. The fraction of sp³-hybridized carbons (Fsp3) is 0.375. The number of likely N-dealkylation sites (N-methyl/N-ethyl adjacent to an activating group) is 1. The number of nitrogens with zero attached hydrogens (tertiary/aromatic N) is 3. The van der Waals surface area contributed by atoms with Gasteiger partial charge in [0.25, 0.3) is 5.69 Å². The van der Waals surface area contributed by atoms with Crippen molar-refractivity contribution in [2.24, 2.45) is 0 Å². The molecule has 0 unspecified atom stereocenters. The first-order valence-corrected chi connectivity index (χ1v) is 9.35. The highest BCUT2D eigenvalue weighted by Gasteiger charge is 2.23. The van der Waals surface area contributed by atoms with E-state index in [9.17, 15) is 18.5 Å². The van der Waals surface area contributed by atoms with E-state index in [0.29, 0.717) is 24.5 Å². The second-order valence-corrected chi connectivity index (χ2v) is 7.81. The van der Waals surface area contributed by atoms with E-state index in [1.807, 2.05) is 19.0 Å². The molecular formula is C16H22N4O5S. The number of benzene rings is 1. The Bertz CT molecular complexity index is 850. The summed E-state index contributed by atoms with van der Waals surface area (Å²) < 4.78 is 32.4. The molecule has 0 amide bonds. The van der Waals surface area contributed by atoms with Gasteiger partial charge >= 0.3 is 0 Å². The number of hydrogen-bond acceptors (Lipinski definition) is 7. The van der Waals surface area contributed by atoms with Crippen LogP contribution in [-0.2, 0) is 16.6 Å². The van der Waals surface area contributed by atoms with E-state index in [1.165, 1.54) is 18.4 Å². The Morgan fingerprint density at radius 2 is 1.96 bits per heavy atom. The van der Waals surface area contributed by atoms with Crippen molar-refractivity contribution >= 4 is 21.4 Å². The molecule has 0 fully saturated rings. The van der Waals surface area contributed by atoms with Gasteiger partial charge in [-0.1, -0.05) is 0 Å². The summed E-state index contributed by atoms with van der Waals surface area (Å²) in [6, 6.07) is 7.36. The highest BCUT2D eigenvalue weighted by Crippen LogP contribution is 2.31. The van der Waals surface area contributed by atoms with E-state index in [2.05, 4.69) is 4.72 Å². The SMILES string of the molecule is CN(C)CCNS(=O)(=O)c1ccc(N(C)Cc2ccco2)c([N+](=O)[O-])c1. The monoisotopic (exact) mass is 382 g/mol. The minimum Gasteiger partial charge on any atom is -0.467 e. The Labute approximate surface area is 152 Å². The van der Waals surface area contributed by atoms with Crippen LogP contribution < -0.4 is 9.62 Å². The molecule has 0 saturated carbocycles. The van der Waals surface area contributed by atoms with Crippen LogP contribution in [0.1, 0.15) is 5.76 Å². The lowest BCUT2D eigenvalue weighted by atomic mass is 10.2. The van der Waals surface area contributed by atoms with E-state index in [1.54, 1.807) is 24.1 Å². The molecule has 0 spiro atoms. The van der Waals surface area contributed by atoms with Crippen LogP contribution in [0, 0.1) is 10.1 Å². The zero-order valence-corrected chi connectivity index (χ0v) is 15.7. The maximum Gasteiger partial charge on any atom is 0.293 e. The van der Waals surface area contributed by atoms with Gasteiger partial charge in [0.1, 0.15) is 11.4 Å². The molecule has 0 atom stereocenters. The van der Waals surface area contributed by atoms with Gasteiger partial charge in [-0.05, 0) is 38.4 Å². The van der Waals surface area contributed by atoms with Crippen LogP contribution in [0.4, 0.5) is 11.4 Å². The minimum atomic E-state index is -3.82. The van der Waals surface area contributed by atoms with Gasteiger partial charge in [0.15, 0.2) is 0 Å². The standard InChI is InChI=1S/C16H22N4O5S/c1-18(2)9-8-17-26(23,24)14-6-7-15(16(11-14)20(21)22)19(3)12-13-5-4-10-25-13/h4-7,10-11,17H,8-9,12H2,1-3H3. The van der Waals surface area contributed by atoms with Gasteiger partial charge in [-0.25, -0.2) is 13.1 Å². The lowest BCUT2D eigenvalue weighted by Crippen LogP contribution is -2.31. The Morgan fingerprint density at radius 3 is 2.54 bits per heavy atom. The number of anilines is 1. The lowest BCUT2D eigenvalue weighted by molar-refractivity contribution is -0.384. The molecule has 1 aromatic carbocycles. The van der Waals surface area contributed by atoms with Crippen molar-refractivity contribution in [3.63, 3.8) is 0 Å². The van der Waals surface area contributed by atoms with Gasteiger partial charge in [0.05, 0.1) is 22.6 Å². The van der Waals surface area contributed by atoms with E-state index in [0.717, 1.165) is 6.07 Å².